The van der Waals surface area contributed by atoms with E-state index in [2.05, 4.69) is 20.9 Å². The van der Waals surface area contributed by atoms with Crippen LogP contribution >= 0.6 is 11.6 Å². The van der Waals surface area contributed by atoms with E-state index in [-0.39, 0.29) is 22.0 Å². The van der Waals surface area contributed by atoms with Crippen molar-refractivity contribution in [2.75, 3.05) is 37.8 Å². The van der Waals surface area contributed by atoms with E-state index >= 15 is 0 Å². The summed E-state index contributed by atoms with van der Waals surface area (Å²) in [5.74, 6) is -2.45. The van der Waals surface area contributed by atoms with Gasteiger partial charge < -0.3 is 25.3 Å². The Morgan fingerprint density at radius 1 is 1.00 bits per heavy atom. The molecule has 9 nitrogen and oxygen atoms in total. The van der Waals surface area contributed by atoms with Gasteiger partial charge in [0.15, 0.2) is 12.1 Å². The van der Waals surface area contributed by atoms with Gasteiger partial charge in [0.25, 0.3) is 17.7 Å². The van der Waals surface area contributed by atoms with Gasteiger partial charge in [-0.05, 0) is 56.6 Å². The SMILES string of the molecule is CN(C)CCNC(=O)c1ncoc1C(=O)Nc1ccc(NC(=O)c2ccc(F)cc2Cl)cc1. The van der Waals surface area contributed by atoms with Crippen LogP contribution in [0.5, 0.6) is 0 Å². The second-order valence-electron chi connectivity index (χ2n) is 7.20. The Morgan fingerprint density at radius 3 is 2.24 bits per heavy atom. The van der Waals surface area contributed by atoms with Crippen molar-refractivity contribution in [3.63, 3.8) is 0 Å². The second kappa shape index (κ2) is 10.7. The molecule has 0 fully saturated rings. The number of nitrogens with zero attached hydrogens (tertiary/aromatic N) is 2. The van der Waals surface area contributed by atoms with Crippen LogP contribution in [-0.2, 0) is 0 Å². The number of benzene rings is 2. The Bertz CT molecular complexity index is 1160. The number of anilines is 2. The summed E-state index contributed by atoms with van der Waals surface area (Å²) in [4.78, 5) is 42.9. The minimum Gasteiger partial charge on any atom is -0.437 e. The summed E-state index contributed by atoms with van der Waals surface area (Å²) >= 11 is 5.91. The lowest BCUT2D eigenvalue weighted by molar-refractivity contribution is 0.0926. The van der Waals surface area contributed by atoms with E-state index in [0.29, 0.717) is 24.5 Å². The Hall–Kier alpha value is -3.76. The first-order chi connectivity index (χ1) is 15.7. The number of carbonyl (C=O) groups is 3. The van der Waals surface area contributed by atoms with Crippen molar-refractivity contribution in [1.82, 2.24) is 15.2 Å². The van der Waals surface area contributed by atoms with Gasteiger partial charge in [0.2, 0.25) is 5.76 Å². The number of likely N-dealkylation sites (N-methyl/N-ethyl adjacent to an activating group) is 1. The van der Waals surface area contributed by atoms with Crippen molar-refractivity contribution >= 4 is 40.7 Å². The number of aromatic nitrogens is 1. The number of hydrogen-bond donors (Lipinski definition) is 3. The Kier molecular flexibility index (Phi) is 7.75. The van der Waals surface area contributed by atoms with Crippen LogP contribution < -0.4 is 16.0 Å². The van der Waals surface area contributed by atoms with Crippen LogP contribution in [-0.4, -0.2) is 54.8 Å². The zero-order chi connectivity index (χ0) is 24.0. The van der Waals surface area contributed by atoms with Gasteiger partial charge in [-0.3, -0.25) is 14.4 Å². The van der Waals surface area contributed by atoms with Gasteiger partial charge >= 0.3 is 0 Å². The largest absolute Gasteiger partial charge is 0.437 e. The highest BCUT2D eigenvalue weighted by molar-refractivity contribution is 6.34. The maximum absolute atomic E-state index is 13.2. The fourth-order valence-corrected chi connectivity index (χ4v) is 3.00. The Morgan fingerprint density at radius 2 is 1.64 bits per heavy atom. The lowest BCUT2D eigenvalue weighted by atomic mass is 10.2. The first-order valence-corrected chi connectivity index (χ1v) is 10.2. The Labute approximate surface area is 193 Å². The molecule has 33 heavy (non-hydrogen) atoms. The molecular formula is C22H21ClFN5O4. The molecular weight excluding hydrogens is 453 g/mol. The normalized spacial score (nSPS) is 10.7. The maximum Gasteiger partial charge on any atom is 0.293 e. The smallest absolute Gasteiger partial charge is 0.293 e. The van der Waals surface area contributed by atoms with Gasteiger partial charge in [0.1, 0.15) is 5.82 Å². The number of hydrogen-bond acceptors (Lipinski definition) is 6. The van der Waals surface area contributed by atoms with Gasteiger partial charge in [-0.25, -0.2) is 9.37 Å². The van der Waals surface area contributed by atoms with Crippen LogP contribution in [0.2, 0.25) is 5.02 Å². The average Bonchev–Trinajstić information content (AvgIpc) is 3.25. The van der Waals surface area contributed by atoms with Gasteiger partial charge in [-0.1, -0.05) is 11.6 Å². The number of halogens is 2. The minimum absolute atomic E-state index is 0.00926. The van der Waals surface area contributed by atoms with Crippen molar-refractivity contribution in [2.45, 2.75) is 0 Å². The molecule has 1 heterocycles. The molecule has 3 amide bonds. The van der Waals surface area contributed by atoms with Gasteiger partial charge in [-0.15, -0.1) is 0 Å². The summed E-state index contributed by atoms with van der Waals surface area (Å²) < 4.78 is 18.3. The quantitative estimate of drug-likeness (QED) is 0.462. The molecule has 172 valence electrons. The third-order valence-corrected chi connectivity index (χ3v) is 4.72. The minimum atomic E-state index is -0.653. The van der Waals surface area contributed by atoms with Crippen molar-refractivity contribution < 1.29 is 23.2 Å². The van der Waals surface area contributed by atoms with Crippen LogP contribution in [0.25, 0.3) is 0 Å². The van der Waals surface area contributed by atoms with E-state index in [0.717, 1.165) is 18.5 Å². The molecule has 0 atom stereocenters. The molecule has 0 aliphatic rings. The summed E-state index contributed by atoms with van der Waals surface area (Å²) in [6, 6.07) is 9.68. The lowest BCUT2D eigenvalue weighted by Crippen LogP contribution is -2.32. The summed E-state index contributed by atoms with van der Waals surface area (Å²) in [6.07, 6.45) is 1.02. The molecule has 3 rings (SSSR count). The van der Waals surface area contributed by atoms with Crippen molar-refractivity contribution in [2.24, 2.45) is 0 Å². The first kappa shape index (κ1) is 23.9. The second-order valence-corrected chi connectivity index (χ2v) is 7.61. The van der Waals surface area contributed by atoms with E-state index in [4.69, 9.17) is 16.0 Å². The predicted octanol–water partition coefficient (Wildman–Crippen LogP) is 3.26. The third-order valence-electron chi connectivity index (χ3n) is 4.41. The summed E-state index contributed by atoms with van der Waals surface area (Å²) in [5.41, 5.74) is 0.829. The maximum atomic E-state index is 13.2. The van der Waals surface area contributed by atoms with Crippen LogP contribution in [0.3, 0.4) is 0 Å². The fraction of sp³-hybridized carbons (Fsp3) is 0.182. The summed E-state index contributed by atoms with van der Waals surface area (Å²) in [5, 5.41) is 7.90. The molecule has 11 heteroatoms. The van der Waals surface area contributed by atoms with Crippen LogP contribution in [0.1, 0.15) is 31.4 Å². The lowest BCUT2D eigenvalue weighted by Gasteiger charge is -2.10. The average molecular weight is 474 g/mol. The molecule has 0 saturated carbocycles. The number of nitrogens with one attached hydrogen (secondary N) is 3. The highest BCUT2D eigenvalue weighted by Crippen LogP contribution is 2.20. The van der Waals surface area contributed by atoms with E-state index in [9.17, 15) is 18.8 Å². The molecule has 0 spiro atoms. The molecule has 1 aromatic heterocycles. The van der Waals surface area contributed by atoms with Crippen LogP contribution in [0, 0.1) is 5.82 Å². The molecule has 0 aliphatic heterocycles. The Balaban J connectivity index is 1.61. The molecule has 0 radical (unpaired) electrons. The third kappa shape index (κ3) is 6.37. The molecule has 0 unspecified atom stereocenters. The van der Waals surface area contributed by atoms with Crippen molar-refractivity contribution in [3.8, 4) is 0 Å². The van der Waals surface area contributed by atoms with E-state index in [1.807, 2.05) is 19.0 Å². The van der Waals surface area contributed by atoms with E-state index < -0.39 is 23.5 Å². The van der Waals surface area contributed by atoms with E-state index in [1.165, 1.54) is 6.07 Å². The molecule has 3 N–H and O–H groups in total. The predicted molar refractivity (Wildman–Crippen MR) is 121 cm³/mol. The highest BCUT2D eigenvalue weighted by Gasteiger charge is 2.23. The summed E-state index contributed by atoms with van der Waals surface area (Å²) in [6.45, 7) is 1.01. The molecule has 0 aliphatic carbocycles. The van der Waals surface area contributed by atoms with Crippen LogP contribution in [0.4, 0.5) is 15.8 Å². The topological polar surface area (TPSA) is 117 Å². The standard InChI is InChI=1S/C22H21ClFN5O4/c1-29(2)10-9-25-21(31)18-19(33-12-26-18)22(32)28-15-6-4-14(5-7-15)27-20(30)16-8-3-13(24)11-17(16)23/h3-8,11-12H,9-10H2,1-2H3,(H,25,31)(H,27,30)(H,28,32). The zero-order valence-electron chi connectivity index (χ0n) is 17.8. The van der Waals surface area contributed by atoms with E-state index in [1.54, 1.807) is 24.3 Å². The number of oxazole rings is 1. The van der Waals surface area contributed by atoms with Crippen molar-refractivity contribution in [1.29, 1.82) is 0 Å². The van der Waals surface area contributed by atoms with Gasteiger partial charge in [-0.2, -0.15) is 0 Å². The van der Waals surface area contributed by atoms with Crippen molar-refractivity contribution in [3.05, 3.63) is 76.7 Å². The summed E-state index contributed by atoms with van der Waals surface area (Å²) in [7, 11) is 3.74. The number of rotatable bonds is 8. The monoisotopic (exact) mass is 473 g/mol. The number of amides is 3. The van der Waals surface area contributed by atoms with Gasteiger partial charge in [0.05, 0.1) is 10.6 Å². The zero-order valence-corrected chi connectivity index (χ0v) is 18.6. The first-order valence-electron chi connectivity index (χ1n) is 9.79. The fourth-order valence-electron chi connectivity index (χ4n) is 2.74. The van der Waals surface area contributed by atoms with Crippen LogP contribution in [0.15, 0.2) is 53.3 Å². The molecule has 0 saturated heterocycles. The highest BCUT2D eigenvalue weighted by atomic mass is 35.5. The molecule has 3 aromatic rings. The van der Waals surface area contributed by atoms with Gasteiger partial charge in [0, 0.05) is 24.5 Å². The molecule has 2 aromatic carbocycles. The number of carbonyl (C=O) groups excluding carboxylic acids is 3. The molecule has 0 bridgehead atoms.